The molecule has 1 fully saturated rings. The van der Waals surface area contributed by atoms with Crippen LogP contribution in [0.4, 0.5) is 5.69 Å². The number of nitrogens with zero attached hydrogens (tertiary/aromatic N) is 4. The highest BCUT2D eigenvalue weighted by molar-refractivity contribution is 8.14. The summed E-state index contributed by atoms with van der Waals surface area (Å²) in [7, 11) is 2.19. The molecule has 0 spiro atoms. The Morgan fingerprint density at radius 2 is 2.00 bits per heavy atom. The summed E-state index contributed by atoms with van der Waals surface area (Å²) in [5, 5.41) is 1.74. The zero-order valence-electron chi connectivity index (χ0n) is 17.8. The van der Waals surface area contributed by atoms with Gasteiger partial charge in [-0.2, -0.15) is 0 Å². The van der Waals surface area contributed by atoms with Gasteiger partial charge < -0.3 is 9.80 Å². The topological polar surface area (TPSA) is 31.7 Å². The maximum atomic E-state index is 5.12. The molecular weight excluding hydrogens is 376 g/mol. The summed E-state index contributed by atoms with van der Waals surface area (Å²) >= 11 is 1.89. The van der Waals surface area contributed by atoms with Gasteiger partial charge in [0.05, 0.1) is 17.3 Å². The summed E-state index contributed by atoms with van der Waals surface area (Å²) in [4.78, 5) is 14.6. The van der Waals surface area contributed by atoms with Crippen molar-refractivity contribution in [3.63, 3.8) is 0 Å². The van der Waals surface area contributed by atoms with Crippen LogP contribution in [-0.4, -0.2) is 39.4 Å². The van der Waals surface area contributed by atoms with E-state index in [2.05, 4.69) is 85.9 Å². The Kier molecular flexibility index (Phi) is 4.28. The van der Waals surface area contributed by atoms with Gasteiger partial charge in [-0.25, -0.2) is 0 Å². The summed E-state index contributed by atoms with van der Waals surface area (Å²) < 4.78 is 0. The Bertz CT molecular complexity index is 1010. The van der Waals surface area contributed by atoms with Gasteiger partial charge in [0.15, 0.2) is 5.17 Å². The van der Waals surface area contributed by atoms with Crippen LogP contribution in [0.1, 0.15) is 56.6 Å². The molecule has 5 rings (SSSR count). The molecule has 4 nitrogen and oxygen atoms in total. The van der Waals surface area contributed by atoms with Crippen LogP contribution in [0.3, 0.4) is 0 Å². The number of hydrogen-bond acceptors (Lipinski definition) is 5. The van der Waals surface area contributed by atoms with Crippen LogP contribution in [-0.2, 0) is 0 Å². The van der Waals surface area contributed by atoms with E-state index in [1.165, 1.54) is 27.6 Å². The first kappa shape index (κ1) is 18.7. The van der Waals surface area contributed by atoms with Crippen LogP contribution < -0.4 is 4.90 Å². The minimum atomic E-state index is 0.0275. The smallest absolute Gasteiger partial charge is 0.160 e. The number of thioether (sulfide) groups is 1. The van der Waals surface area contributed by atoms with E-state index >= 15 is 0 Å². The van der Waals surface area contributed by atoms with Gasteiger partial charge in [-0.1, -0.05) is 36.9 Å². The molecule has 5 heteroatoms. The van der Waals surface area contributed by atoms with Crippen molar-refractivity contribution in [1.82, 2.24) is 9.88 Å². The first-order chi connectivity index (χ1) is 13.8. The van der Waals surface area contributed by atoms with Gasteiger partial charge in [0, 0.05) is 36.3 Å². The number of aromatic nitrogens is 1. The number of likely N-dealkylation sites (N-methyl/N-ethyl adjacent to an activating group) is 1. The largest absolute Gasteiger partial charge is 0.366 e. The lowest BCUT2D eigenvalue weighted by atomic mass is 9.86. The van der Waals surface area contributed by atoms with E-state index in [4.69, 9.17) is 4.99 Å². The molecule has 0 bridgehead atoms. The number of hydrogen-bond donors (Lipinski definition) is 0. The van der Waals surface area contributed by atoms with Crippen LogP contribution in [0.25, 0.3) is 5.57 Å². The molecule has 0 N–H and O–H groups in total. The van der Waals surface area contributed by atoms with Crippen LogP contribution >= 0.6 is 11.8 Å². The lowest BCUT2D eigenvalue weighted by Gasteiger charge is -2.41. The fourth-order valence-electron chi connectivity index (χ4n) is 4.84. The molecule has 2 aromatic rings. The van der Waals surface area contributed by atoms with Gasteiger partial charge in [-0.3, -0.25) is 9.98 Å². The Morgan fingerprint density at radius 3 is 2.76 bits per heavy atom. The Balaban J connectivity index is 1.60. The van der Waals surface area contributed by atoms with Crippen molar-refractivity contribution < 1.29 is 0 Å². The van der Waals surface area contributed by atoms with Crippen LogP contribution in [0, 0.1) is 0 Å². The van der Waals surface area contributed by atoms with E-state index in [1.54, 1.807) is 0 Å². The van der Waals surface area contributed by atoms with Crippen molar-refractivity contribution in [2.24, 2.45) is 4.99 Å². The van der Waals surface area contributed by atoms with E-state index < -0.39 is 0 Å². The first-order valence-corrected chi connectivity index (χ1v) is 11.2. The van der Waals surface area contributed by atoms with E-state index in [9.17, 15) is 0 Å². The molecule has 0 saturated carbocycles. The molecule has 1 aromatic carbocycles. The highest BCUT2D eigenvalue weighted by Crippen LogP contribution is 2.49. The zero-order valence-corrected chi connectivity index (χ0v) is 18.6. The molecule has 0 amide bonds. The molecule has 0 aliphatic carbocycles. The summed E-state index contributed by atoms with van der Waals surface area (Å²) in [6.07, 6.45) is 4.25. The number of benzene rings is 1. The minimum absolute atomic E-state index is 0.0275. The van der Waals surface area contributed by atoms with Crippen molar-refractivity contribution in [2.45, 2.75) is 50.6 Å². The van der Waals surface area contributed by atoms with E-state index in [1.807, 2.05) is 24.0 Å². The molecule has 4 heterocycles. The fourth-order valence-corrected chi connectivity index (χ4v) is 5.93. The van der Waals surface area contributed by atoms with Crippen molar-refractivity contribution in [3.05, 3.63) is 65.5 Å². The molecule has 29 heavy (non-hydrogen) atoms. The predicted molar refractivity (Wildman–Crippen MR) is 123 cm³/mol. The minimum Gasteiger partial charge on any atom is -0.366 e. The number of aliphatic imine (C=N–C) groups is 1. The highest BCUT2D eigenvalue weighted by Gasteiger charge is 2.44. The number of anilines is 1. The second kappa shape index (κ2) is 6.63. The maximum absolute atomic E-state index is 5.12. The normalized spacial score (nSPS) is 27.4. The fraction of sp³-hybridized carbons (Fsp3) is 0.417. The van der Waals surface area contributed by atoms with Crippen LogP contribution in [0.5, 0.6) is 0 Å². The van der Waals surface area contributed by atoms with Gasteiger partial charge in [-0.05, 0) is 56.2 Å². The molecule has 1 aromatic heterocycles. The number of pyridine rings is 1. The summed E-state index contributed by atoms with van der Waals surface area (Å²) in [5.74, 6) is 0. The molecule has 3 aliphatic rings. The van der Waals surface area contributed by atoms with Crippen molar-refractivity contribution >= 4 is 28.2 Å². The van der Waals surface area contributed by atoms with Crippen molar-refractivity contribution in [2.75, 3.05) is 18.5 Å². The van der Waals surface area contributed by atoms with Crippen LogP contribution in [0.2, 0.25) is 0 Å². The monoisotopic (exact) mass is 404 g/mol. The number of amidine groups is 1. The quantitative estimate of drug-likeness (QED) is 0.679. The average Bonchev–Trinajstić information content (AvgIpc) is 3.22. The average molecular weight is 405 g/mol. The third kappa shape index (κ3) is 2.98. The summed E-state index contributed by atoms with van der Waals surface area (Å²) in [6, 6.07) is 13.4. The summed E-state index contributed by atoms with van der Waals surface area (Å²) in [6.45, 7) is 10.1. The molecule has 0 unspecified atom stereocenters. The van der Waals surface area contributed by atoms with Gasteiger partial charge in [0.2, 0.25) is 0 Å². The molecule has 3 aliphatic heterocycles. The molecule has 0 radical (unpaired) electrons. The van der Waals surface area contributed by atoms with Gasteiger partial charge in [0.1, 0.15) is 6.04 Å². The Morgan fingerprint density at radius 1 is 1.17 bits per heavy atom. The molecule has 150 valence electrons. The number of allylic oxidation sites excluding steroid dienone is 1. The van der Waals surface area contributed by atoms with E-state index in [0.29, 0.717) is 5.25 Å². The van der Waals surface area contributed by atoms with Crippen molar-refractivity contribution in [3.8, 4) is 0 Å². The molecule has 1 saturated heterocycles. The second-order valence-corrected chi connectivity index (χ2v) is 10.4. The highest BCUT2D eigenvalue weighted by atomic mass is 32.2. The molecular formula is C24H28N4S. The number of rotatable bonds is 2. The van der Waals surface area contributed by atoms with E-state index in [-0.39, 0.29) is 17.6 Å². The lowest BCUT2D eigenvalue weighted by Crippen LogP contribution is -2.42. The zero-order chi connectivity index (χ0) is 20.3. The van der Waals surface area contributed by atoms with Gasteiger partial charge >= 0.3 is 0 Å². The standard InChI is InChI=1S/C24H28N4S/c1-15-13-24(3,4)27(5)20-10-9-17(12-18(15)20)22-21(19-8-6-7-11-25-19)26-23-28(22)14-16(2)29-23/h6-13,16,21-22H,14H2,1-5H3/t16-,21+,22+/m0/s1. The SMILES string of the molecule is CC1=CC(C)(C)N(C)c2ccc([C@@H]3[C@@H](c4ccccn4)N=C4S[C@@H](C)CN43)cc21. The summed E-state index contributed by atoms with van der Waals surface area (Å²) in [5.41, 5.74) is 6.39. The second-order valence-electron chi connectivity index (χ2n) is 8.95. The third-order valence-corrected chi connectivity index (χ3v) is 7.57. The van der Waals surface area contributed by atoms with Crippen molar-refractivity contribution in [1.29, 1.82) is 0 Å². The maximum Gasteiger partial charge on any atom is 0.160 e. The molecule has 3 atom stereocenters. The first-order valence-electron chi connectivity index (χ1n) is 10.3. The third-order valence-electron chi connectivity index (χ3n) is 6.46. The van der Waals surface area contributed by atoms with E-state index in [0.717, 1.165) is 12.2 Å². The predicted octanol–water partition coefficient (Wildman–Crippen LogP) is 5.30. The lowest BCUT2D eigenvalue weighted by molar-refractivity contribution is 0.321. The van der Waals surface area contributed by atoms with Gasteiger partial charge in [-0.15, -0.1) is 0 Å². The van der Waals surface area contributed by atoms with Crippen LogP contribution in [0.15, 0.2) is 53.7 Å². The Hall–Kier alpha value is -2.27. The van der Waals surface area contributed by atoms with Gasteiger partial charge in [0.25, 0.3) is 0 Å². The number of fused-ring (bicyclic) bond motifs is 2. The Labute approximate surface area is 177 Å².